The average molecular weight is 253 g/mol. The van der Waals surface area contributed by atoms with E-state index in [1.165, 1.54) is 0 Å². The Hall–Kier alpha value is -3.11. The molecule has 1 aromatic carbocycles. The molecule has 11 heteroatoms. The molecule has 0 radical (unpaired) electrons. The molecule has 1 heterocycles. The van der Waals surface area contributed by atoms with E-state index in [2.05, 4.69) is 10.2 Å². The zero-order valence-electron chi connectivity index (χ0n) is 8.39. The quantitative estimate of drug-likeness (QED) is 0.636. The highest BCUT2D eigenvalue weighted by molar-refractivity contribution is 5.91. The summed E-state index contributed by atoms with van der Waals surface area (Å²) in [7, 11) is 0. The summed E-state index contributed by atoms with van der Waals surface area (Å²) in [5, 5.41) is 37.3. The summed E-state index contributed by atoms with van der Waals surface area (Å²) in [5.41, 5.74) is -1.68. The molecule has 1 N–H and O–H groups in total. The molecule has 2 aromatic rings. The van der Waals surface area contributed by atoms with E-state index in [-0.39, 0.29) is 10.9 Å². The Morgan fingerprint density at radius 3 is 2.00 bits per heavy atom. The smallest absolute Gasteiger partial charge is 0.350 e. The lowest BCUT2D eigenvalue weighted by Crippen LogP contribution is -1.96. The van der Waals surface area contributed by atoms with Gasteiger partial charge in [-0.25, -0.2) is 0 Å². The van der Waals surface area contributed by atoms with Crippen molar-refractivity contribution in [2.75, 3.05) is 0 Å². The second-order valence-corrected chi connectivity index (χ2v) is 3.20. The van der Waals surface area contributed by atoms with Gasteiger partial charge < -0.3 is 10.1 Å². The molecule has 0 amide bonds. The summed E-state index contributed by atoms with van der Waals surface area (Å²) in [6, 6.07) is 1.58. The standard InChI is InChI=1S/C7H3N5O6/c13-10(14)5-1-3-4(2-6(5)11(15)16)8-9-7(3)12(17)18/h1-2H,(H,8,9). The van der Waals surface area contributed by atoms with Gasteiger partial charge in [0.2, 0.25) is 0 Å². The van der Waals surface area contributed by atoms with Crippen LogP contribution in [0.1, 0.15) is 0 Å². The Bertz CT molecular complexity index is 691. The normalized spacial score (nSPS) is 10.4. The highest BCUT2D eigenvalue weighted by Crippen LogP contribution is 2.34. The maximum Gasteiger partial charge on any atom is 0.350 e. The highest BCUT2D eigenvalue weighted by Gasteiger charge is 2.29. The SMILES string of the molecule is O=[N+]([O-])c1cc2n[nH]c([N+](=O)[O-])c2cc1[N+](=O)[O-]. The molecule has 0 saturated heterocycles. The average Bonchev–Trinajstić information content (AvgIpc) is 2.69. The van der Waals surface area contributed by atoms with Crippen molar-refractivity contribution < 1.29 is 14.8 Å². The van der Waals surface area contributed by atoms with Crippen LogP contribution in [0.25, 0.3) is 10.9 Å². The number of H-pyrrole nitrogens is 1. The molecular formula is C7H3N5O6. The summed E-state index contributed by atoms with van der Waals surface area (Å²) in [4.78, 5) is 29.2. The third-order valence-corrected chi connectivity index (χ3v) is 2.21. The van der Waals surface area contributed by atoms with Crippen molar-refractivity contribution in [2.24, 2.45) is 0 Å². The Balaban J connectivity index is 2.83. The molecule has 0 fully saturated rings. The number of rotatable bonds is 3. The molecule has 0 aliphatic carbocycles. The van der Waals surface area contributed by atoms with Crippen LogP contribution < -0.4 is 0 Å². The highest BCUT2D eigenvalue weighted by atomic mass is 16.6. The topological polar surface area (TPSA) is 158 Å². The van der Waals surface area contributed by atoms with Gasteiger partial charge in [0, 0.05) is 6.07 Å². The number of fused-ring (bicyclic) bond motifs is 1. The van der Waals surface area contributed by atoms with Crippen molar-refractivity contribution in [1.82, 2.24) is 10.2 Å². The molecular weight excluding hydrogens is 250 g/mol. The predicted octanol–water partition coefficient (Wildman–Crippen LogP) is 1.29. The molecule has 0 bridgehead atoms. The molecule has 2 rings (SSSR count). The lowest BCUT2D eigenvalue weighted by atomic mass is 10.2. The van der Waals surface area contributed by atoms with Crippen molar-refractivity contribution in [3.05, 3.63) is 42.5 Å². The first-order chi connectivity index (χ1) is 8.41. The number of nitro benzene ring substituents is 2. The zero-order valence-corrected chi connectivity index (χ0v) is 8.39. The lowest BCUT2D eigenvalue weighted by Gasteiger charge is -1.94. The molecule has 0 spiro atoms. The minimum Gasteiger partial charge on any atom is -0.358 e. The van der Waals surface area contributed by atoms with E-state index < -0.39 is 32.0 Å². The Kier molecular flexibility index (Phi) is 2.35. The number of hydrogen-bond donors (Lipinski definition) is 1. The van der Waals surface area contributed by atoms with Gasteiger partial charge in [-0.1, -0.05) is 5.10 Å². The summed E-state index contributed by atoms with van der Waals surface area (Å²) >= 11 is 0. The largest absolute Gasteiger partial charge is 0.358 e. The molecule has 18 heavy (non-hydrogen) atoms. The molecule has 0 aliphatic rings. The first kappa shape index (κ1) is 11.4. The van der Waals surface area contributed by atoms with Gasteiger partial charge in [0.15, 0.2) is 0 Å². The van der Waals surface area contributed by atoms with E-state index in [4.69, 9.17) is 0 Å². The van der Waals surface area contributed by atoms with E-state index in [0.717, 1.165) is 12.1 Å². The third-order valence-electron chi connectivity index (χ3n) is 2.21. The lowest BCUT2D eigenvalue weighted by molar-refractivity contribution is -0.422. The number of nitrogens with one attached hydrogen (secondary N) is 1. The van der Waals surface area contributed by atoms with Crippen LogP contribution in [0, 0.1) is 30.3 Å². The summed E-state index contributed by atoms with van der Waals surface area (Å²) < 4.78 is 0. The van der Waals surface area contributed by atoms with Crippen molar-refractivity contribution >= 4 is 28.1 Å². The van der Waals surface area contributed by atoms with Crippen LogP contribution >= 0.6 is 0 Å². The van der Waals surface area contributed by atoms with E-state index in [9.17, 15) is 30.3 Å². The van der Waals surface area contributed by atoms with Gasteiger partial charge in [0.25, 0.3) is 0 Å². The van der Waals surface area contributed by atoms with Gasteiger partial charge in [-0.05, 0) is 4.92 Å². The minimum absolute atomic E-state index is 0.0843. The monoisotopic (exact) mass is 253 g/mol. The number of nitro groups is 3. The van der Waals surface area contributed by atoms with Crippen LogP contribution in [-0.4, -0.2) is 25.0 Å². The molecule has 0 atom stereocenters. The molecule has 0 saturated carbocycles. The van der Waals surface area contributed by atoms with E-state index >= 15 is 0 Å². The van der Waals surface area contributed by atoms with Crippen LogP contribution in [0.15, 0.2) is 12.1 Å². The number of aromatic amines is 1. The van der Waals surface area contributed by atoms with Crippen LogP contribution in [0.4, 0.5) is 17.2 Å². The fourth-order valence-corrected chi connectivity index (χ4v) is 1.45. The number of aromatic nitrogens is 2. The van der Waals surface area contributed by atoms with Crippen molar-refractivity contribution in [3.8, 4) is 0 Å². The number of nitrogens with zero attached hydrogens (tertiary/aromatic N) is 4. The van der Waals surface area contributed by atoms with Crippen LogP contribution in [0.5, 0.6) is 0 Å². The molecule has 11 nitrogen and oxygen atoms in total. The fourth-order valence-electron chi connectivity index (χ4n) is 1.45. The molecule has 0 aliphatic heterocycles. The van der Waals surface area contributed by atoms with Crippen molar-refractivity contribution in [3.63, 3.8) is 0 Å². The minimum atomic E-state index is -0.978. The van der Waals surface area contributed by atoms with E-state index in [0.29, 0.717) is 0 Å². The van der Waals surface area contributed by atoms with Gasteiger partial charge in [0.1, 0.15) is 10.9 Å². The molecule has 0 unspecified atom stereocenters. The first-order valence-electron chi connectivity index (χ1n) is 4.37. The first-order valence-corrected chi connectivity index (χ1v) is 4.37. The maximum absolute atomic E-state index is 10.7. The third kappa shape index (κ3) is 1.59. The predicted molar refractivity (Wildman–Crippen MR) is 56.1 cm³/mol. The van der Waals surface area contributed by atoms with E-state index in [1.807, 2.05) is 0 Å². The summed E-state index contributed by atoms with van der Waals surface area (Å²) in [6.07, 6.45) is 0. The fraction of sp³-hybridized carbons (Fsp3) is 0. The van der Waals surface area contributed by atoms with Gasteiger partial charge in [-0.3, -0.25) is 20.2 Å². The second kappa shape index (κ2) is 3.73. The second-order valence-electron chi connectivity index (χ2n) is 3.20. The van der Waals surface area contributed by atoms with Crippen molar-refractivity contribution in [2.45, 2.75) is 0 Å². The number of hydrogen-bond acceptors (Lipinski definition) is 7. The van der Waals surface area contributed by atoms with Crippen LogP contribution in [0.3, 0.4) is 0 Å². The summed E-state index contributed by atoms with van der Waals surface area (Å²) in [6.45, 7) is 0. The van der Waals surface area contributed by atoms with Gasteiger partial charge in [-0.2, -0.15) is 0 Å². The maximum atomic E-state index is 10.7. The van der Waals surface area contributed by atoms with E-state index in [1.54, 1.807) is 0 Å². The van der Waals surface area contributed by atoms with Crippen LogP contribution in [0.2, 0.25) is 0 Å². The van der Waals surface area contributed by atoms with Crippen molar-refractivity contribution in [1.29, 1.82) is 0 Å². The Morgan fingerprint density at radius 2 is 1.50 bits per heavy atom. The number of benzene rings is 1. The van der Waals surface area contributed by atoms with Gasteiger partial charge in [0.05, 0.1) is 15.9 Å². The Morgan fingerprint density at radius 1 is 0.944 bits per heavy atom. The Labute approximate surface area is 96.5 Å². The molecule has 92 valence electrons. The zero-order chi connectivity index (χ0) is 13.4. The van der Waals surface area contributed by atoms with Crippen LogP contribution in [-0.2, 0) is 0 Å². The van der Waals surface area contributed by atoms with Gasteiger partial charge >= 0.3 is 17.2 Å². The molecule has 1 aromatic heterocycles. The van der Waals surface area contributed by atoms with Gasteiger partial charge in [-0.15, -0.1) is 5.10 Å². The summed E-state index contributed by atoms with van der Waals surface area (Å²) in [5.74, 6) is -0.553.